The van der Waals surface area contributed by atoms with Crippen molar-refractivity contribution in [3.63, 3.8) is 0 Å². The van der Waals surface area contributed by atoms with Crippen LogP contribution in [0.1, 0.15) is 6.92 Å². The number of para-hydroxylation sites is 2. The summed E-state index contributed by atoms with van der Waals surface area (Å²) in [6.45, 7) is 3.00. The molecule has 1 fully saturated rings. The zero-order valence-corrected chi connectivity index (χ0v) is 20.2. The quantitative estimate of drug-likeness (QED) is 0.655. The summed E-state index contributed by atoms with van der Waals surface area (Å²) in [6, 6.07) is 11.2. The average molecular weight is 489 g/mol. The number of nitrogens with zero attached hydrogens (tertiary/aromatic N) is 3. The van der Waals surface area contributed by atoms with Gasteiger partial charge in [0.1, 0.15) is 6.54 Å². The van der Waals surface area contributed by atoms with Gasteiger partial charge in [-0.3, -0.25) is 19.4 Å². The van der Waals surface area contributed by atoms with E-state index in [1.807, 2.05) is 11.0 Å². The Morgan fingerprint density at radius 2 is 1.68 bits per heavy atom. The van der Waals surface area contributed by atoms with E-state index in [0.29, 0.717) is 36.0 Å². The van der Waals surface area contributed by atoms with Crippen molar-refractivity contribution in [2.24, 2.45) is 0 Å². The molecule has 1 N–H and O–H groups in total. The Labute approximate surface area is 199 Å². The highest BCUT2D eigenvalue weighted by molar-refractivity contribution is 7.89. The van der Waals surface area contributed by atoms with Crippen LogP contribution in [-0.4, -0.2) is 82.4 Å². The van der Waals surface area contributed by atoms with Gasteiger partial charge >= 0.3 is 0 Å². The number of carbonyl (C=O) groups is 2. The van der Waals surface area contributed by atoms with Gasteiger partial charge in [-0.15, -0.1) is 0 Å². The lowest BCUT2D eigenvalue weighted by molar-refractivity contribution is -0.125. The van der Waals surface area contributed by atoms with Gasteiger partial charge in [-0.25, -0.2) is 8.42 Å². The van der Waals surface area contributed by atoms with Gasteiger partial charge in [-0.1, -0.05) is 12.1 Å². The highest BCUT2D eigenvalue weighted by atomic mass is 32.2. The largest absolute Gasteiger partial charge is 0.493 e. The Morgan fingerprint density at radius 3 is 2.35 bits per heavy atom. The summed E-state index contributed by atoms with van der Waals surface area (Å²) < 4.78 is 38.2. The number of ether oxygens (including phenoxy) is 2. The zero-order valence-electron chi connectivity index (χ0n) is 19.4. The number of hydrogen-bond acceptors (Lipinski definition) is 7. The second kappa shape index (κ2) is 9.61. The number of carbonyl (C=O) groups excluding carboxylic acids is 2. The second-order valence-corrected chi connectivity index (χ2v) is 10.1. The third-order valence-electron chi connectivity index (χ3n) is 6.21. The van der Waals surface area contributed by atoms with E-state index in [1.165, 1.54) is 35.6 Å². The lowest BCUT2D eigenvalue weighted by Gasteiger charge is -2.39. The van der Waals surface area contributed by atoms with Gasteiger partial charge in [0.25, 0.3) is 0 Å². The summed E-state index contributed by atoms with van der Waals surface area (Å²) >= 11 is 0. The molecule has 4 rings (SSSR count). The van der Waals surface area contributed by atoms with E-state index in [1.54, 1.807) is 31.2 Å². The van der Waals surface area contributed by atoms with E-state index in [-0.39, 0.29) is 36.3 Å². The second-order valence-electron chi connectivity index (χ2n) is 8.12. The molecule has 2 heterocycles. The summed E-state index contributed by atoms with van der Waals surface area (Å²) in [6.07, 6.45) is 0. The van der Waals surface area contributed by atoms with Crippen LogP contribution in [0.25, 0.3) is 0 Å². The molecule has 2 aromatic rings. The first-order valence-corrected chi connectivity index (χ1v) is 12.4. The summed E-state index contributed by atoms with van der Waals surface area (Å²) in [5.74, 6) is 0.349. The zero-order chi connectivity index (χ0) is 24.5. The number of piperazine rings is 1. The molecule has 0 saturated carbocycles. The molecule has 0 radical (unpaired) electrons. The van der Waals surface area contributed by atoms with Crippen molar-refractivity contribution in [2.75, 3.05) is 57.2 Å². The van der Waals surface area contributed by atoms with E-state index in [2.05, 4.69) is 5.32 Å². The van der Waals surface area contributed by atoms with Crippen LogP contribution in [0.2, 0.25) is 0 Å². The molecule has 2 aliphatic rings. The van der Waals surface area contributed by atoms with Crippen LogP contribution in [0.3, 0.4) is 0 Å². The highest BCUT2D eigenvalue weighted by Crippen LogP contribution is 2.32. The van der Waals surface area contributed by atoms with Crippen molar-refractivity contribution in [3.8, 4) is 11.5 Å². The van der Waals surface area contributed by atoms with Crippen LogP contribution in [0.4, 0.5) is 11.4 Å². The van der Waals surface area contributed by atoms with E-state index in [4.69, 9.17) is 9.47 Å². The molecule has 1 atom stereocenters. The standard InChI is InChI=1S/C23H28N4O6S/c1-16(23(29)27-15-22(28)24-18-6-4-5-7-19(18)27)25-10-12-26(13-11-25)34(30,31)17-8-9-20(32-2)21(14-17)33-3/h4-9,14,16H,10-13,15H2,1-3H3,(H,24,28). The van der Waals surface area contributed by atoms with Crippen LogP contribution < -0.4 is 19.7 Å². The molecule has 34 heavy (non-hydrogen) atoms. The molecule has 0 aliphatic carbocycles. The minimum absolute atomic E-state index is 0.0478. The predicted octanol–water partition coefficient (Wildman–Crippen LogP) is 1.38. The van der Waals surface area contributed by atoms with Crippen LogP contribution in [0.15, 0.2) is 47.4 Å². The normalized spacial score (nSPS) is 18.1. The summed E-state index contributed by atoms with van der Waals surface area (Å²) in [7, 11) is -0.791. The minimum Gasteiger partial charge on any atom is -0.493 e. The van der Waals surface area contributed by atoms with Gasteiger partial charge in [0.05, 0.1) is 36.5 Å². The molecule has 182 valence electrons. The molecule has 0 aromatic heterocycles. The molecule has 2 amide bonds. The lowest BCUT2D eigenvalue weighted by atomic mass is 10.1. The molecular formula is C23H28N4O6S. The maximum Gasteiger partial charge on any atom is 0.244 e. The van der Waals surface area contributed by atoms with Crippen molar-refractivity contribution in [1.29, 1.82) is 0 Å². The number of benzene rings is 2. The molecule has 1 saturated heterocycles. The number of rotatable bonds is 6. The molecule has 1 unspecified atom stereocenters. The fourth-order valence-corrected chi connectivity index (χ4v) is 5.71. The minimum atomic E-state index is -3.73. The van der Waals surface area contributed by atoms with Gasteiger partial charge in [-0.05, 0) is 31.2 Å². The fourth-order valence-electron chi connectivity index (χ4n) is 4.27. The molecule has 10 nitrogen and oxygen atoms in total. The Hall–Kier alpha value is -3.15. The Balaban J connectivity index is 1.45. The number of methoxy groups -OCH3 is 2. The number of fused-ring (bicyclic) bond motifs is 1. The summed E-state index contributed by atoms with van der Waals surface area (Å²) in [5, 5.41) is 2.78. The monoisotopic (exact) mass is 488 g/mol. The van der Waals surface area contributed by atoms with Gasteiger partial charge in [0.2, 0.25) is 21.8 Å². The first kappa shape index (κ1) is 24.0. The van der Waals surface area contributed by atoms with Gasteiger partial charge < -0.3 is 14.8 Å². The Morgan fingerprint density at radius 1 is 1.00 bits per heavy atom. The first-order chi connectivity index (χ1) is 16.3. The van der Waals surface area contributed by atoms with Crippen molar-refractivity contribution in [2.45, 2.75) is 17.9 Å². The SMILES string of the molecule is COc1ccc(S(=O)(=O)N2CCN(C(C)C(=O)N3CC(=O)Nc4ccccc43)CC2)cc1OC. The van der Waals surface area contributed by atoms with Gasteiger partial charge in [0, 0.05) is 32.2 Å². The molecule has 2 aliphatic heterocycles. The predicted molar refractivity (Wildman–Crippen MR) is 127 cm³/mol. The van der Waals surface area contributed by atoms with Crippen molar-refractivity contribution in [3.05, 3.63) is 42.5 Å². The fraction of sp³-hybridized carbons (Fsp3) is 0.391. The molecule has 11 heteroatoms. The van der Waals surface area contributed by atoms with Crippen molar-refractivity contribution in [1.82, 2.24) is 9.21 Å². The Bertz CT molecular complexity index is 1190. The summed E-state index contributed by atoms with van der Waals surface area (Å²) in [4.78, 5) is 28.9. The smallest absolute Gasteiger partial charge is 0.244 e. The number of hydrogen-bond donors (Lipinski definition) is 1. The lowest BCUT2D eigenvalue weighted by Crippen LogP contribution is -2.56. The molecule has 0 bridgehead atoms. The number of anilines is 2. The molecular weight excluding hydrogens is 460 g/mol. The number of nitrogens with one attached hydrogen (secondary N) is 1. The van der Waals surface area contributed by atoms with Crippen LogP contribution in [-0.2, 0) is 19.6 Å². The highest BCUT2D eigenvalue weighted by Gasteiger charge is 2.36. The van der Waals surface area contributed by atoms with E-state index >= 15 is 0 Å². The van der Waals surface area contributed by atoms with Crippen LogP contribution >= 0.6 is 0 Å². The van der Waals surface area contributed by atoms with E-state index in [0.717, 1.165) is 0 Å². The molecule has 2 aromatic carbocycles. The summed E-state index contributed by atoms with van der Waals surface area (Å²) in [5.41, 5.74) is 1.26. The average Bonchev–Trinajstić information content (AvgIpc) is 2.86. The maximum absolute atomic E-state index is 13.3. The third-order valence-corrected chi connectivity index (χ3v) is 8.10. The van der Waals surface area contributed by atoms with E-state index < -0.39 is 16.1 Å². The number of amides is 2. The van der Waals surface area contributed by atoms with E-state index in [9.17, 15) is 18.0 Å². The first-order valence-electron chi connectivity index (χ1n) is 10.9. The van der Waals surface area contributed by atoms with Crippen molar-refractivity contribution >= 4 is 33.2 Å². The van der Waals surface area contributed by atoms with Gasteiger partial charge in [0.15, 0.2) is 11.5 Å². The number of sulfonamides is 1. The topological polar surface area (TPSA) is 108 Å². The Kier molecular flexibility index (Phi) is 6.78. The van der Waals surface area contributed by atoms with Crippen LogP contribution in [0, 0.1) is 0 Å². The van der Waals surface area contributed by atoms with Gasteiger partial charge in [-0.2, -0.15) is 4.31 Å². The molecule has 0 spiro atoms. The third kappa shape index (κ3) is 4.46. The van der Waals surface area contributed by atoms with Crippen LogP contribution in [0.5, 0.6) is 11.5 Å². The van der Waals surface area contributed by atoms with Crippen molar-refractivity contribution < 1.29 is 27.5 Å². The maximum atomic E-state index is 13.3.